The van der Waals surface area contributed by atoms with Crippen molar-refractivity contribution in [1.29, 1.82) is 0 Å². The summed E-state index contributed by atoms with van der Waals surface area (Å²) in [4.78, 5) is 19.2. The Balaban J connectivity index is 2.99. The molecular formula is C18H39N3O7. The largest absolute Gasteiger partial charge is 0.481 e. The summed E-state index contributed by atoms with van der Waals surface area (Å²) >= 11 is 0. The van der Waals surface area contributed by atoms with E-state index in [1.165, 1.54) is 44.9 Å². The SMILES string of the molecule is O=C(O)CCCCCCCNCCCCCCCCNCCONOOOO. The van der Waals surface area contributed by atoms with Crippen LogP contribution in [0.3, 0.4) is 0 Å². The molecule has 5 N–H and O–H groups in total. The molecule has 0 aromatic rings. The lowest BCUT2D eigenvalue weighted by Crippen LogP contribution is -2.25. The van der Waals surface area contributed by atoms with Crippen LogP contribution in [0.25, 0.3) is 0 Å². The van der Waals surface area contributed by atoms with E-state index < -0.39 is 5.97 Å². The van der Waals surface area contributed by atoms with Crippen LogP contribution in [0.1, 0.15) is 77.0 Å². The van der Waals surface area contributed by atoms with Crippen molar-refractivity contribution >= 4 is 5.97 Å². The summed E-state index contributed by atoms with van der Waals surface area (Å²) in [6, 6.07) is 0. The molecular weight excluding hydrogens is 370 g/mol. The molecule has 0 radical (unpaired) electrons. The normalized spacial score (nSPS) is 11.2. The molecule has 0 saturated heterocycles. The van der Waals surface area contributed by atoms with Crippen molar-refractivity contribution in [3.8, 4) is 0 Å². The molecule has 0 aliphatic heterocycles. The van der Waals surface area contributed by atoms with Crippen LogP contribution in [0.4, 0.5) is 0 Å². The topological polar surface area (TPSA) is 131 Å². The molecule has 0 aromatic heterocycles. The minimum Gasteiger partial charge on any atom is -0.481 e. The molecule has 168 valence electrons. The first-order valence-electron chi connectivity index (χ1n) is 10.4. The third-order valence-electron chi connectivity index (χ3n) is 4.24. The number of hydrogen-bond acceptors (Lipinski definition) is 9. The Bertz CT molecular complexity index is 326. The van der Waals surface area contributed by atoms with E-state index in [2.05, 4.69) is 25.7 Å². The highest BCUT2D eigenvalue weighted by molar-refractivity contribution is 5.66. The molecule has 0 heterocycles. The Morgan fingerprint density at radius 2 is 1.21 bits per heavy atom. The predicted octanol–water partition coefficient (Wildman–Crippen LogP) is 2.72. The monoisotopic (exact) mass is 409 g/mol. The zero-order valence-corrected chi connectivity index (χ0v) is 17.0. The molecule has 0 fully saturated rings. The Labute approximate surface area is 167 Å². The van der Waals surface area contributed by atoms with Gasteiger partial charge in [-0.05, 0) is 61.0 Å². The van der Waals surface area contributed by atoms with Gasteiger partial charge in [0.25, 0.3) is 0 Å². The van der Waals surface area contributed by atoms with Crippen LogP contribution >= 0.6 is 0 Å². The van der Waals surface area contributed by atoms with Gasteiger partial charge in [-0.3, -0.25) is 9.63 Å². The van der Waals surface area contributed by atoms with Gasteiger partial charge in [0.05, 0.1) is 6.61 Å². The predicted molar refractivity (Wildman–Crippen MR) is 104 cm³/mol. The average Bonchev–Trinajstić information content (AvgIpc) is 2.68. The molecule has 0 atom stereocenters. The molecule has 0 aliphatic rings. The molecule has 0 aliphatic carbocycles. The molecule has 0 spiro atoms. The second kappa shape index (κ2) is 24.2. The number of carboxylic acids is 1. The van der Waals surface area contributed by atoms with Crippen molar-refractivity contribution < 1.29 is 35.1 Å². The Hall–Kier alpha value is -0.850. The molecule has 0 aromatic carbocycles. The van der Waals surface area contributed by atoms with Gasteiger partial charge in [0.15, 0.2) is 0 Å². The van der Waals surface area contributed by atoms with Gasteiger partial charge in [0.1, 0.15) is 0 Å². The third-order valence-corrected chi connectivity index (χ3v) is 4.24. The fraction of sp³-hybridized carbons (Fsp3) is 0.944. The zero-order valence-electron chi connectivity index (χ0n) is 17.0. The summed E-state index contributed by atoms with van der Waals surface area (Å²) in [6.07, 6.45) is 13.1. The maximum absolute atomic E-state index is 10.4. The molecule has 10 nitrogen and oxygen atoms in total. The number of carbonyl (C=O) groups is 1. The van der Waals surface area contributed by atoms with E-state index in [9.17, 15) is 4.79 Å². The van der Waals surface area contributed by atoms with Gasteiger partial charge in [-0.25, -0.2) is 5.26 Å². The van der Waals surface area contributed by atoms with Gasteiger partial charge in [-0.15, -0.1) is 0 Å². The number of unbranched alkanes of at least 4 members (excludes halogenated alkanes) is 9. The summed E-state index contributed by atoms with van der Waals surface area (Å²) < 4.78 is 0. The number of carboxylic acid groups (broad SMARTS) is 1. The van der Waals surface area contributed by atoms with Crippen LogP contribution in [-0.4, -0.2) is 49.1 Å². The smallest absolute Gasteiger partial charge is 0.303 e. The van der Waals surface area contributed by atoms with E-state index >= 15 is 0 Å². The van der Waals surface area contributed by atoms with E-state index in [1.54, 1.807) is 0 Å². The fourth-order valence-corrected chi connectivity index (χ4v) is 2.73. The second-order valence-corrected chi connectivity index (χ2v) is 6.69. The summed E-state index contributed by atoms with van der Waals surface area (Å²) in [5.41, 5.74) is 1.98. The van der Waals surface area contributed by atoms with Crippen LogP contribution in [0.5, 0.6) is 0 Å². The van der Waals surface area contributed by atoms with Crippen molar-refractivity contribution in [3.63, 3.8) is 0 Å². The van der Waals surface area contributed by atoms with Crippen LogP contribution in [0.2, 0.25) is 0 Å². The third kappa shape index (κ3) is 25.1. The number of rotatable bonds is 24. The van der Waals surface area contributed by atoms with E-state index in [-0.39, 0.29) is 0 Å². The first-order valence-corrected chi connectivity index (χ1v) is 10.4. The lowest BCUT2D eigenvalue weighted by molar-refractivity contribution is -0.651. The molecule has 0 bridgehead atoms. The average molecular weight is 410 g/mol. The Morgan fingerprint density at radius 3 is 1.75 bits per heavy atom. The van der Waals surface area contributed by atoms with Gasteiger partial charge < -0.3 is 15.7 Å². The van der Waals surface area contributed by atoms with Crippen LogP contribution in [0, 0.1) is 0 Å². The number of aliphatic carboxylic acids is 1. The molecule has 10 heteroatoms. The summed E-state index contributed by atoms with van der Waals surface area (Å²) in [7, 11) is 0. The van der Waals surface area contributed by atoms with Gasteiger partial charge in [0.2, 0.25) is 0 Å². The Kier molecular flexibility index (Phi) is 23.5. The van der Waals surface area contributed by atoms with E-state index in [0.29, 0.717) is 19.6 Å². The molecule has 0 unspecified atom stereocenters. The molecule has 0 rings (SSSR count). The van der Waals surface area contributed by atoms with E-state index in [4.69, 9.17) is 15.2 Å². The summed E-state index contributed by atoms with van der Waals surface area (Å²) in [5, 5.41) is 29.9. The standard InChI is InChI=1S/C18H39N3O7/c22-18(23)12-8-4-3-7-10-14-19-13-9-5-1-2-6-11-15-20-16-17-25-21-26-28-27-24/h19-21,24H,1-17H2,(H,22,23). The first-order chi connectivity index (χ1) is 13.8. The molecule has 0 amide bonds. The van der Waals surface area contributed by atoms with Gasteiger partial charge in [-0.1, -0.05) is 49.9 Å². The zero-order chi connectivity index (χ0) is 20.5. The minimum atomic E-state index is -0.688. The van der Waals surface area contributed by atoms with Crippen molar-refractivity contribution in [3.05, 3.63) is 0 Å². The highest BCUT2D eigenvalue weighted by Crippen LogP contribution is 2.06. The highest BCUT2D eigenvalue weighted by Gasteiger charge is 1.97. The van der Waals surface area contributed by atoms with E-state index in [1.807, 2.05) is 5.64 Å². The number of hydrogen-bond donors (Lipinski definition) is 5. The quantitative estimate of drug-likeness (QED) is 0.0921. The van der Waals surface area contributed by atoms with Crippen LogP contribution in [-0.2, 0) is 24.7 Å². The highest BCUT2D eigenvalue weighted by atomic mass is 17.7. The van der Waals surface area contributed by atoms with Crippen molar-refractivity contribution in [2.24, 2.45) is 0 Å². The van der Waals surface area contributed by atoms with Gasteiger partial charge in [0, 0.05) is 13.0 Å². The van der Waals surface area contributed by atoms with Crippen molar-refractivity contribution in [2.45, 2.75) is 77.0 Å². The second-order valence-electron chi connectivity index (χ2n) is 6.69. The maximum atomic E-state index is 10.4. The van der Waals surface area contributed by atoms with Crippen molar-refractivity contribution in [2.75, 3.05) is 32.8 Å². The van der Waals surface area contributed by atoms with Gasteiger partial charge in [-0.2, -0.15) is 0 Å². The summed E-state index contributed by atoms with van der Waals surface area (Å²) in [6.45, 7) is 4.20. The van der Waals surface area contributed by atoms with Crippen LogP contribution in [0.15, 0.2) is 0 Å². The number of nitrogens with one attached hydrogen (secondary N) is 3. The van der Waals surface area contributed by atoms with Crippen molar-refractivity contribution in [1.82, 2.24) is 16.3 Å². The minimum absolute atomic E-state index is 0.302. The molecule has 28 heavy (non-hydrogen) atoms. The Morgan fingerprint density at radius 1 is 0.714 bits per heavy atom. The summed E-state index contributed by atoms with van der Waals surface area (Å²) in [5.74, 6) is -0.688. The first kappa shape index (κ1) is 27.1. The maximum Gasteiger partial charge on any atom is 0.303 e. The lowest BCUT2D eigenvalue weighted by Gasteiger charge is -2.06. The van der Waals surface area contributed by atoms with Crippen LogP contribution < -0.4 is 16.3 Å². The molecule has 0 saturated carbocycles. The fourth-order valence-electron chi connectivity index (χ4n) is 2.73. The lowest BCUT2D eigenvalue weighted by atomic mass is 10.1. The van der Waals surface area contributed by atoms with Gasteiger partial charge >= 0.3 is 5.97 Å². The van der Waals surface area contributed by atoms with E-state index in [0.717, 1.165) is 45.3 Å².